The Labute approximate surface area is 145 Å². The third kappa shape index (κ3) is 2.22. The molecule has 124 valence electrons. The molecular formula is C19H16N4O2. The van der Waals surface area contributed by atoms with Gasteiger partial charge in [0.05, 0.1) is 23.4 Å². The zero-order valence-electron chi connectivity index (χ0n) is 13.4. The summed E-state index contributed by atoms with van der Waals surface area (Å²) in [5.74, 6) is -1.30. The molecule has 6 nitrogen and oxygen atoms in total. The standard InChI is InChI=1S/C19H16N4O2/c20-8-15-12-3-1-2-4-13(12)17(19(9-21,10-22)18(15)23)14-6-5-11(24)7-16(14)25/h3,5-7,13,17,24-25H,1-2,4,23H2/t13-,17+/m1/s1. The number of phenols is 2. The second kappa shape index (κ2) is 5.89. The topological polar surface area (TPSA) is 138 Å². The Morgan fingerprint density at radius 1 is 1.16 bits per heavy atom. The van der Waals surface area contributed by atoms with Crippen LogP contribution in [0.2, 0.25) is 0 Å². The average molecular weight is 332 g/mol. The SMILES string of the molecule is N#CC1=C(N)C(C#N)(C#N)[C@H](c2ccc(O)cc2O)[C@@H]2CCCC=C12. The maximum atomic E-state index is 10.3. The third-order valence-corrected chi connectivity index (χ3v) is 5.15. The van der Waals surface area contributed by atoms with Crippen LogP contribution in [0.5, 0.6) is 11.5 Å². The van der Waals surface area contributed by atoms with Gasteiger partial charge in [-0.2, -0.15) is 15.8 Å². The highest BCUT2D eigenvalue weighted by Crippen LogP contribution is 2.57. The van der Waals surface area contributed by atoms with Crippen LogP contribution in [0.4, 0.5) is 0 Å². The highest BCUT2D eigenvalue weighted by Gasteiger charge is 2.54. The molecular weight excluding hydrogens is 316 g/mol. The van der Waals surface area contributed by atoms with E-state index in [2.05, 4.69) is 6.07 Å². The van der Waals surface area contributed by atoms with Crippen molar-refractivity contribution in [1.82, 2.24) is 0 Å². The number of rotatable bonds is 1. The van der Waals surface area contributed by atoms with E-state index >= 15 is 0 Å². The molecule has 1 aromatic carbocycles. The molecule has 4 N–H and O–H groups in total. The van der Waals surface area contributed by atoms with Crippen molar-refractivity contribution in [2.45, 2.75) is 25.2 Å². The van der Waals surface area contributed by atoms with Gasteiger partial charge >= 0.3 is 0 Å². The Balaban J connectivity index is 2.36. The minimum atomic E-state index is -1.75. The normalized spacial score (nSPS) is 24.3. The lowest BCUT2D eigenvalue weighted by Gasteiger charge is -2.43. The van der Waals surface area contributed by atoms with Crippen LogP contribution in [0.25, 0.3) is 0 Å². The Morgan fingerprint density at radius 3 is 2.48 bits per heavy atom. The van der Waals surface area contributed by atoms with E-state index in [0.717, 1.165) is 18.4 Å². The maximum Gasteiger partial charge on any atom is 0.191 e. The highest BCUT2D eigenvalue weighted by molar-refractivity contribution is 5.60. The van der Waals surface area contributed by atoms with Crippen LogP contribution in [0, 0.1) is 45.3 Å². The second-order valence-corrected chi connectivity index (χ2v) is 6.35. The van der Waals surface area contributed by atoms with Crippen molar-refractivity contribution in [2.24, 2.45) is 17.1 Å². The molecule has 0 amide bonds. The molecule has 1 aromatic rings. The predicted molar refractivity (Wildman–Crippen MR) is 88.4 cm³/mol. The van der Waals surface area contributed by atoms with E-state index in [1.807, 2.05) is 18.2 Å². The monoisotopic (exact) mass is 332 g/mol. The maximum absolute atomic E-state index is 10.3. The number of fused-ring (bicyclic) bond motifs is 1. The van der Waals surface area contributed by atoms with Crippen LogP contribution in [0.15, 0.2) is 41.1 Å². The molecule has 0 heterocycles. The van der Waals surface area contributed by atoms with E-state index in [4.69, 9.17) is 5.73 Å². The molecule has 2 aliphatic rings. The molecule has 0 aliphatic heterocycles. The van der Waals surface area contributed by atoms with Crippen LogP contribution in [-0.4, -0.2) is 10.2 Å². The molecule has 0 unspecified atom stereocenters. The summed E-state index contributed by atoms with van der Waals surface area (Å²) in [6.07, 6.45) is 4.27. The molecule has 0 spiro atoms. The second-order valence-electron chi connectivity index (χ2n) is 6.35. The first-order valence-corrected chi connectivity index (χ1v) is 7.95. The Hall–Kier alpha value is -3.43. The fourth-order valence-electron chi connectivity index (χ4n) is 4.01. The third-order valence-electron chi connectivity index (χ3n) is 5.15. The molecule has 0 saturated carbocycles. The van der Waals surface area contributed by atoms with Gasteiger partial charge in [-0.05, 0) is 36.8 Å². The summed E-state index contributed by atoms with van der Waals surface area (Å²) < 4.78 is 0. The minimum Gasteiger partial charge on any atom is -0.508 e. The summed E-state index contributed by atoms with van der Waals surface area (Å²) >= 11 is 0. The van der Waals surface area contributed by atoms with Crippen molar-refractivity contribution < 1.29 is 10.2 Å². The smallest absolute Gasteiger partial charge is 0.191 e. The first kappa shape index (κ1) is 16.4. The first-order chi connectivity index (χ1) is 12.0. The summed E-state index contributed by atoms with van der Waals surface area (Å²) in [5, 5.41) is 49.1. The first-order valence-electron chi connectivity index (χ1n) is 7.95. The number of benzene rings is 1. The van der Waals surface area contributed by atoms with Crippen LogP contribution in [0.3, 0.4) is 0 Å². The van der Waals surface area contributed by atoms with E-state index in [-0.39, 0.29) is 28.7 Å². The number of phenolic OH excluding ortho intramolecular Hbond substituents is 2. The Morgan fingerprint density at radius 2 is 1.88 bits per heavy atom. The lowest BCUT2D eigenvalue weighted by molar-refractivity contribution is 0.308. The zero-order chi connectivity index (χ0) is 18.2. The van der Waals surface area contributed by atoms with Crippen LogP contribution >= 0.6 is 0 Å². The lowest BCUT2D eigenvalue weighted by atomic mass is 9.56. The predicted octanol–water partition coefficient (Wildman–Crippen LogP) is 2.69. The molecule has 2 aliphatic carbocycles. The Bertz CT molecular complexity index is 910. The van der Waals surface area contributed by atoms with E-state index in [1.54, 1.807) is 0 Å². The minimum absolute atomic E-state index is 0.0677. The number of hydrogen-bond donors (Lipinski definition) is 3. The molecule has 0 saturated heterocycles. The van der Waals surface area contributed by atoms with Gasteiger partial charge in [-0.15, -0.1) is 0 Å². The van der Waals surface area contributed by atoms with Gasteiger partial charge in [0.15, 0.2) is 5.41 Å². The van der Waals surface area contributed by atoms with E-state index in [1.165, 1.54) is 18.2 Å². The summed E-state index contributed by atoms with van der Waals surface area (Å²) in [4.78, 5) is 0. The van der Waals surface area contributed by atoms with E-state index < -0.39 is 11.3 Å². The van der Waals surface area contributed by atoms with Gasteiger partial charge < -0.3 is 15.9 Å². The summed E-state index contributed by atoms with van der Waals surface area (Å²) in [6.45, 7) is 0. The molecule has 3 rings (SSSR count). The number of nitrogens with two attached hydrogens (primary N) is 1. The van der Waals surface area contributed by atoms with Gasteiger partial charge in [0.1, 0.15) is 17.6 Å². The molecule has 2 atom stereocenters. The lowest BCUT2D eigenvalue weighted by Crippen LogP contribution is -2.42. The van der Waals surface area contributed by atoms with Crippen LogP contribution in [-0.2, 0) is 0 Å². The quantitative estimate of drug-likeness (QED) is 0.722. The van der Waals surface area contributed by atoms with Crippen molar-refractivity contribution in [1.29, 1.82) is 15.8 Å². The zero-order valence-corrected chi connectivity index (χ0v) is 13.4. The molecule has 25 heavy (non-hydrogen) atoms. The van der Waals surface area contributed by atoms with Gasteiger partial charge in [-0.1, -0.05) is 12.1 Å². The van der Waals surface area contributed by atoms with Crippen molar-refractivity contribution in [3.63, 3.8) is 0 Å². The summed E-state index contributed by atoms with van der Waals surface area (Å²) in [6, 6.07) is 10.2. The van der Waals surface area contributed by atoms with Gasteiger partial charge in [-0.3, -0.25) is 0 Å². The van der Waals surface area contributed by atoms with Crippen LogP contribution < -0.4 is 5.73 Å². The summed E-state index contributed by atoms with van der Waals surface area (Å²) in [7, 11) is 0. The van der Waals surface area contributed by atoms with Gasteiger partial charge in [0, 0.05) is 17.5 Å². The largest absolute Gasteiger partial charge is 0.508 e. The van der Waals surface area contributed by atoms with E-state index in [0.29, 0.717) is 12.0 Å². The summed E-state index contributed by atoms with van der Waals surface area (Å²) in [5.41, 5.74) is 5.64. The number of aromatic hydroxyl groups is 2. The number of nitriles is 3. The molecule has 0 fully saturated rings. The van der Waals surface area contributed by atoms with Crippen LogP contribution in [0.1, 0.15) is 30.7 Å². The van der Waals surface area contributed by atoms with E-state index in [9.17, 15) is 26.0 Å². The Kier molecular flexibility index (Phi) is 3.87. The average Bonchev–Trinajstić information content (AvgIpc) is 2.62. The fraction of sp³-hybridized carbons (Fsp3) is 0.316. The fourth-order valence-corrected chi connectivity index (χ4v) is 4.01. The van der Waals surface area contributed by atoms with Gasteiger partial charge in [0.25, 0.3) is 0 Å². The van der Waals surface area contributed by atoms with Crippen molar-refractivity contribution in [3.05, 3.63) is 46.7 Å². The molecule has 6 heteroatoms. The van der Waals surface area contributed by atoms with Crippen molar-refractivity contribution >= 4 is 0 Å². The molecule has 0 aromatic heterocycles. The number of nitrogens with zero attached hydrogens (tertiary/aromatic N) is 3. The molecule has 0 bridgehead atoms. The number of hydrogen-bond acceptors (Lipinski definition) is 6. The molecule has 0 radical (unpaired) electrons. The van der Waals surface area contributed by atoms with Crippen molar-refractivity contribution in [2.75, 3.05) is 0 Å². The van der Waals surface area contributed by atoms with Gasteiger partial charge in [-0.25, -0.2) is 0 Å². The number of allylic oxidation sites excluding steroid dienone is 4. The highest BCUT2D eigenvalue weighted by atomic mass is 16.3. The van der Waals surface area contributed by atoms with Crippen molar-refractivity contribution in [3.8, 4) is 29.7 Å². The van der Waals surface area contributed by atoms with Gasteiger partial charge in [0.2, 0.25) is 0 Å².